The molecule has 1 fully saturated rings. The molecular formula is C17H18N2O4S. The molecule has 1 aromatic carbocycles. The van der Waals surface area contributed by atoms with Gasteiger partial charge in [0.1, 0.15) is 4.88 Å². The van der Waals surface area contributed by atoms with Gasteiger partial charge in [-0.2, -0.15) is 0 Å². The zero-order chi connectivity index (χ0) is 17.1. The number of carbonyl (C=O) groups excluding carboxylic acids is 2. The zero-order valence-corrected chi connectivity index (χ0v) is 13.8. The molecule has 126 valence electrons. The molecule has 0 bridgehead atoms. The van der Waals surface area contributed by atoms with Gasteiger partial charge in [-0.05, 0) is 42.5 Å². The largest absolute Gasteiger partial charge is 0.477 e. The zero-order valence-electron chi connectivity index (χ0n) is 13.0. The van der Waals surface area contributed by atoms with Gasteiger partial charge >= 0.3 is 5.97 Å². The maximum atomic E-state index is 12.0. The van der Waals surface area contributed by atoms with Crippen LogP contribution in [0.25, 0.3) is 10.1 Å². The number of benzene rings is 1. The fourth-order valence-electron chi connectivity index (χ4n) is 2.93. The molecule has 7 heteroatoms. The topological polar surface area (TPSA) is 95.5 Å². The highest BCUT2D eigenvalue weighted by atomic mass is 32.1. The van der Waals surface area contributed by atoms with E-state index in [0.29, 0.717) is 5.69 Å². The van der Waals surface area contributed by atoms with Gasteiger partial charge < -0.3 is 15.7 Å². The van der Waals surface area contributed by atoms with E-state index in [0.717, 1.165) is 35.8 Å². The number of rotatable bonds is 5. The number of thiophene rings is 1. The van der Waals surface area contributed by atoms with E-state index in [2.05, 4.69) is 10.6 Å². The monoisotopic (exact) mass is 346 g/mol. The summed E-state index contributed by atoms with van der Waals surface area (Å²) in [4.78, 5) is 35.1. The Bertz CT molecular complexity index is 793. The first kappa shape index (κ1) is 16.4. The van der Waals surface area contributed by atoms with Crippen LogP contribution < -0.4 is 10.6 Å². The van der Waals surface area contributed by atoms with Crippen LogP contribution in [0.5, 0.6) is 0 Å². The van der Waals surface area contributed by atoms with Crippen molar-refractivity contribution in [2.24, 2.45) is 5.92 Å². The minimum absolute atomic E-state index is 0.0365. The molecule has 3 N–H and O–H groups in total. The van der Waals surface area contributed by atoms with Gasteiger partial charge in [0.05, 0.1) is 6.54 Å². The number of nitrogens with one attached hydrogen (secondary N) is 2. The maximum Gasteiger partial charge on any atom is 0.345 e. The van der Waals surface area contributed by atoms with E-state index in [4.69, 9.17) is 5.11 Å². The van der Waals surface area contributed by atoms with E-state index in [1.54, 1.807) is 24.3 Å². The second kappa shape index (κ2) is 7.00. The lowest BCUT2D eigenvalue weighted by Gasteiger charge is -2.10. The third-order valence-corrected chi connectivity index (χ3v) is 5.26. The number of fused-ring (bicyclic) bond motifs is 1. The van der Waals surface area contributed by atoms with Crippen LogP contribution in [0, 0.1) is 5.92 Å². The molecule has 24 heavy (non-hydrogen) atoms. The van der Waals surface area contributed by atoms with Crippen LogP contribution >= 0.6 is 11.3 Å². The number of carboxylic acids is 1. The van der Waals surface area contributed by atoms with Gasteiger partial charge in [-0.25, -0.2) is 4.79 Å². The Morgan fingerprint density at radius 3 is 2.62 bits per heavy atom. The van der Waals surface area contributed by atoms with Crippen LogP contribution in [0.1, 0.15) is 35.4 Å². The van der Waals surface area contributed by atoms with Crippen LogP contribution in [-0.2, 0) is 9.59 Å². The molecule has 1 aromatic heterocycles. The minimum Gasteiger partial charge on any atom is -0.477 e. The lowest BCUT2D eigenvalue weighted by molar-refractivity contribution is -0.127. The van der Waals surface area contributed by atoms with Crippen molar-refractivity contribution in [3.8, 4) is 0 Å². The smallest absolute Gasteiger partial charge is 0.345 e. The molecular weight excluding hydrogens is 328 g/mol. The fraction of sp³-hybridized carbons (Fsp3) is 0.353. The molecule has 2 aromatic rings. The van der Waals surface area contributed by atoms with Crippen molar-refractivity contribution in [2.45, 2.75) is 25.7 Å². The van der Waals surface area contributed by atoms with Crippen LogP contribution in [0.3, 0.4) is 0 Å². The molecule has 0 aliphatic heterocycles. The average Bonchev–Trinajstić information content (AvgIpc) is 3.21. The predicted octanol–water partition coefficient (Wildman–Crippen LogP) is 2.84. The summed E-state index contributed by atoms with van der Waals surface area (Å²) < 4.78 is 0.847. The first-order valence-electron chi connectivity index (χ1n) is 7.87. The van der Waals surface area contributed by atoms with E-state index in [1.807, 2.05) is 0 Å². The lowest BCUT2D eigenvalue weighted by atomic mass is 10.1. The molecule has 0 saturated heterocycles. The third-order valence-electron chi connectivity index (χ3n) is 4.16. The van der Waals surface area contributed by atoms with Crippen molar-refractivity contribution < 1.29 is 19.5 Å². The number of aromatic carboxylic acids is 1. The summed E-state index contributed by atoms with van der Waals surface area (Å²) in [6, 6.07) is 6.81. The van der Waals surface area contributed by atoms with Crippen LogP contribution in [-0.4, -0.2) is 29.4 Å². The summed E-state index contributed by atoms with van der Waals surface area (Å²) in [6.07, 6.45) is 3.94. The maximum absolute atomic E-state index is 12.0. The molecule has 1 aliphatic rings. The summed E-state index contributed by atoms with van der Waals surface area (Å²) in [5.74, 6) is -1.28. The highest BCUT2D eigenvalue weighted by Gasteiger charge is 2.22. The quantitative estimate of drug-likeness (QED) is 0.776. The van der Waals surface area contributed by atoms with Crippen molar-refractivity contribution in [1.82, 2.24) is 5.32 Å². The molecule has 0 atom stereocenters. The van der Waals surface area contributed by atoms with Gasteiger partial charge in [0.15, 0.2) is 0 Å². The molecule has 3 rings (SSSR count). The summed E-state index contributed by atoms with van der Waals surface area (Å²) in [5.41, 5.74) is 0.581. The van der Waals surface area contributed by atoms with E-state index in [9.17, 15) is 14.4 Å². The van der Waals surface area contributed by atoms with Gasteiger partial charge in [0.2, 0.25) is 11.8 Å². The highest BCUT2D eigenvalue weighted by molar-refractivity contribution is 7.20. The fourth-order valence-corrected chi connectivity index (χ4v) is 3.81. The average molecular weight is 346 g/mol. The van der Waals surface area contributed by atoms with Crippen molar-refractivity contribution in [2.75, 3.05) is 11.9 Å². The second-order valence-electron chi connectivity index (χ2n) is 5.92. The first-order valence-corrected chi connectivity index (χ1v) is 8.69. The Hall–Kier alpha value is -2.41. The molecule has 0 spiro atoms. The van der Waals surface area contributed by atoms with Crippen LogP contribution in [0.15, 0.2) is 24.3 Å². The van der Waals surface area contributed by atoms with E-state index < -0.39 is 5.97 Å². The normalized spacial score (nSPS) is 14.7. The first-order chi connectivity index (χ1) is 11.5. The molecule has 0 unspecified atom stereocenters. The Balaban J connectivity index is 1.58. The molecule has 1 heterocycles. The molecule has 6 nitrogen and oxygen atoms in total. The van der Waals surface area contributed by atoms with Gasteiger partial charge in [-0.1, -0.05) is 12.8 Å². The van der Waals surface area contributed by atoms with Crippen molar-refractivity contribution >= 4 is 44.9 Å². The summed E-state index contributed by atoms with van der Waals surface area (Å²) >= 11 is 1.19. The van der Waals surface area contributed by atoms with Crippen molar-refractivity contribution in [3.05, 3.63) is 29.1 Å². The molecule has 1 saturated carbocycles. The SMILES string of the molecule is O=C(CNC(=O)C1CCCC1)Nc1ccc2sc(C(=O)O)cc2c1. The van der Waals surface area contributed by atoms with Gasteiger partial charge in [0.25, 0.3) is 0 Å². The van der Waals surface area contributed by atoms with Crippen molar-refractivity contribution in [3.63, 3.8) is 0 Å². The number of carboxylic acid groups (broad SMARTS) is 1. The molecule has 0 radical (unpaired) electrons. The summed E-state index contributed by atoms with van der Waals surface area (Å²) in [6.45, 7) is -0.0582. The number of carbonyl (C=O) groups is 3. The standard InChI is InChI=1S/C17H18N2O4S/c20-15(9-18-16(21)10-3-1-2-4-10)19-12-5-6-13-11(7-12)8-14(24-13)17(22)23/h5-8,10H,1-4,9H2,(H,18,21)(H,19,20)(H,22,23). The number of amides is 2. The van der Waals surface area contributed by atoms with Crippen LogP contribution in [0.4, 0.5) is 5.69 Å². The molecule has 2 amide bonds. The Kier molecular flexibility index (Phi) is 4.80. The number of hydrogen-bond acceptors (Lipinski definition) is 4. The van der Waals surface area contributed by atoms with Gasteiger partial charge in [-0.3, -0.25) is 9.59 Å². The Morgan fingerprint density at radius 2 is 1.92 bits per heavy atom. The minimum atomic E-state index is -0.962. The van der Waals surface area contributed by atoms with E-state index in [1.165, 1.54) is 11.3 Å². The van der Waals surface area contributed by atoms with E-state index in [-0.39, 0.29) is 29.2 Å². The third kappa shape index (κ3) is 3.73. The predicted molar refractivity (Wildman–Crippen MR) is 92.4 cm³/mol. The Labute approximate surface area is 142 Å². The van der Waals surface area contributed by atoms with Gasteiger partial charge in [-0.15, -0.1) is 11.3 Å². The lowest BCUT2D eigenvalue weighted by Crippen LogP contribution is -2.36. The van der Waals surface area contributed by atoms with Gasteiger partial charge in [0, 0.05) is 16.3 Å². The number of anilines is 1. The number of hydrogen-bond donors (Lipinski definition) is 3. The summed E-state index contributed by atoms with van der Waals surface area (Å²) in [5, 5.41) is 15.2. The van der Waals surface area contributed by atoms with Crippen LogP contribution in [0.2, 0.25) is 0 Å². The second-order valence-corrected chi connectivity index (χ2v) is 7.00. The highest BCUT2D eigenvalue weighted by Crippen LogP contribution is 2.28. The molecule has 1 aliphatic carbocycles. The van der Waals surface area contributed by atoms with Crippen molar-refractivity contribution in [1.29, 1.82) is 0 Å². The Morgan fingerprint density at radius 1 is 1.17 bits per heavy atom. The summed E-state index contributed by atoms with van der Waals surface area (Å²) in [7, 11) is 0. The van der Waals surface area contributed by atoms with E-state index >= 15 is 0 Å².